The number of rotatable bonds is 3. The van der Waals surface area contributed by atoms with Gasteiger partial charge in [0.1, 0.15) is 16.7 Å². The fraction of sp³-hybridized carbons (Fsp3) is 0.625. The van der Waals surface area contributed by atoms with Crippen LogP contribution in [0.2, 0.25) is 0 Å². The molecule has 0 aliphatic carbocycles. The highest BCUT2D eigenvalue weighted by molar-refractivity contribution is 7.89. The summed E-state index contributed by atoms with van der Waals surface area (Å²) in [7, 11) is -4.06. The third-order valence-corrected chi connectivity index (χ3v) is 10.1. The van der Waals surface area contributed by atoms with Crippen LogP contribution in [-0.2, 0) is 21.4 Å². The number of aliphatic hydroxyl groups is 1. The van der Waals surface area contributed by atoms with Gasteiger partial charge < -0.3 is 15.2 Å². The van der Waals surface area contributed by atoms with E-state index in [0.717, 1.165) is 28.7 Å². The Bertz CT molecular complexity index is 1200. The second kappa shape index (κ2) is 9.97. The smallest absolute Gasteiger partial charge is 0.247 e. The molecule has 0 saturated carbocycles. The van der Waals surface area contributed by atoms with Crippen molar-refractivity contribution in [3.8, 4) is 5.75 Å². The summed E-state index contributed by atoms with van der Waals surface area (Å²) in [6.45, 7) is 6.50. The molecule has 0 radical (unpaired) electrons. The second-order valence-corrected chi connectivity index (χ2v) is 12.9. The Kier molecular flexibility index (Phi) is 7.07. The van der Waals surface area contributed by atoms with Gasteiger partial charge in [-0.05, 0) is 48.0 Å². The standard InChI is InChI=1S/C24H33N5O5S2/c1-16(2)17-3-4-22-21(11-17)34-10-7-24(5-8-28(9-6-24)13-18-15-35-27-26-18)25-23(31)20-12-19(30)14-29(20)36(22,32)33/h3-4,11,15-16,19-20,30H,5-10,12-14H2,1-2H3,(H,25,31)/t19-,20+/m1/s1. The largest absolute Gasteiger partial charge is 0.492 e. The van der Waals surface area contributed by atoms with Crippen LogP contribution in [0.4, 0.5) is 0 Å². The number of nitrogens with zero attached hydrogens (tertiary/aromatic N) is 4. The summed E-state index contributed by atoms with van der Waals surface area (Å²) in [5, 5.41) is 19.7. The Hall–Kier alpha value is -2.12. The lowest BCUT2D eigenvalue weighted by molar-refractivity contribution is -0.127. The predicted molar refractivity (Wildman–Crippen MR) is 134 cm³/mol. The number of sulfonamides is 1. The summed E-state index contributed by atoms with van der Waals surface area (Å²) in [5.41, 5.74) is 1.39. The molecule has 5 rings (SSSR count). The highest BCUT2D eigenvalue weighted by atomic mass is 32.2. The van der Waals surface area contributed by atoms with Crippen molar-refractivity contribution in [3.63, 3.8) is 0 Å². The van der Waals surface area contributed by atoms with Crippen molar-refractivity contribution in [2.75, 3.05) is 26.2 Å². The molecule has 1 spiro atoms. The zero-order chi connectivity index (χ0) is 25.5. The average Bonchev–Trinajstić information content (AvgIpc) is 3.50. The van der Waals surface area contributed by atoms with Crippen molar-refractivity contribution in [2.45, 2.75) is 74.6 Å². The SMILES string of the molecule is CC(C)c1ccc2c(c1)OCCC1(CCN(Cc3csnn3)CC1)NC(=O)[C@@H]1C[C@@H](O)CN1S2(=O)=O. The lowest BCUT2D eigenvalue weighted by Crippen LogP contribution is -2.59. The first-order valence-electron chi connectivity index (χ1n) is 12.4. The first kappa shape index (κ1) is 25.5. The van der Waals surface area contributed by atoms with Gasteiger partial charge in [0.25, 0.3) is 0 Å². The van der Waals surface area contributed by atoms with Gasteiger partial charge in [-0.2, -0.15) is 4.31 Å². The Balaban J connectivity index is 1.45. The number of carbonyl (C=O) groups is 1. The van der Waals surface area contributed by atoms with Gasteiger partial charge in [0.2, 0.25) is 15.9 Å². The fourth-order valence-electron chi connectivity index (χ4n) is 5.38. The maximum Gasteiger partial charge on any atom is 0.247 e. The van der Waals surface area contributed by atoms with Crippen LogP contribution >= 0.6 is 11.5 Å². The van der Waals surface area contributed by atoms with Crippen LogP contribution in [0.1, 0.15) is 56.7 Å². The quantitative estimate of drug-likeness (QED) is 0.609. The van der Waals surface area contributed by atoms with Gasteiger partial charge in [0, 0.05) is 49.9 Å². The third kappa shape index (κ3) is 5.01. The average molecular weight is 536 g/mol. The molecule has 36 heavy (non-hydrogen) atoms. The fourth-order valence-corrected chi connectivity index (χ4v) is 7.58. The molecule has 12 heteroatoms. The number of ether oxygens (including phenoxy) is 1. The normalized spacial score (nSPS) is 26.6. The summed E-state index contributed by atoms with van der Waals surface area (Å²) >= 11 is 1.33. The highest BCUT2D eigenvalue weighted by Gasteiger charge is 2.47. The van der Waals surface area contributed by atoms with Gasteiger partial charge in [-0.15, -0.1) is 5.10 Å². The monoisotopic (exact) mass is 535 g/mol. The molecule has 2 N–H and O–H groups in total. The van der Waals surface area contributed by atoms with Crippen LogP contribution in [-0.4, -0.2) is 82.1 Å². The van der Waals surface area contributed by atoms with Gasteiger partial charge in [-0.3, -0.25) is 9.69 Å². The molecule has 1 aromatic carbocycles. The number of likely N-dealkylation sites (tertiary alicyclic amines) is 1. The van der Waals surface area contributed by atoms with Crippen molar-refractivity contribution in [1.29, 1.82) is 0 Å². The number of aromatic nitrogens is 2. The zero-order valence-electron chi connectivity index (χ0n) is 20.6. The van der Waals surface area contributed by atoms with E-state index in [2.05, 4.69) is 19.8 Å². The number of benzene rings is 1. The van der Waals surface area contributed by atoms with Crippen molar-refractivity contribution in [2.24, 2.45) is 0 Å². The van der Waals surface area contributed by atoms with E-state index in [1.807, 2.05) is 19.2 Å². The van der Waals surface area contributed by atoms with Crippen LogP contribution in [0.25, 0.3) is 0 Å². The molecule has 3 aliphatic rings. The van der Waals surface area contributed by atoms with Crippen LogP contribution in [0.5, 0.6) is 5.75 Å². The molecule has 10 nitrogen and oxygen atoms in total. The molecule has 1 amide bonds. The van der Waals surface area contributed by atoms with E-state index < -0.39 is 27.7 Å². The molecule has 2 atom stereocenters. The molecule has 0 unspecified atom stereocenters. The van der Waals surface area contributed by atoms with E-state index in [1.165, 1.54) is 11.5 Å². The number of aliphatic hydroxyl groups excluding tert-OH is 1. The highest BCUT2D eigenvalue weighted by Crippen LogP contribution is 2.36. The third-order valence-electron chi connectivity index (χ3n) is 7.59. The van der Waals surface area contributed by atoms with Crippen LogP contribution < -0.4 is 10.1 Å². The molecule has 4 heterocycles. The Morgan fingerprint density at radius 3 is 2.75 bits per heavy atom. The van der Waals surface area contributed by atoms with E-state index in [4.69, 9.17) is 4.74 Å². The molecule has 196 valence electrons. The second-order valence-electron chi connectivity index (χ2n) is 10.4. The minimum Gasteiger partial charge on any atom is -0.492 e. The number of fused-ring (bicyclic) bond motifs is 2. The summed E-state index contributed by atoms with van der Waals surface area (Å²) in [6, 6.07) is 4.19. The first-order chi connectivity index (χ1) is 17.2. The lowest BCUT2D eigenvalue weighted by atomic mass is 9.84. The number of piperidine rings is 1. The summed E-state index contributed by atoms with van der Waals surface area (Å²) in [5.74, 6) is 0.154. The summed E-state index contributed by atoms with van der Waals surface area (Å²) < 4.78 is 38.6. The molecule has 3 aliphatic heterocycles. The van der Waals surface area contributed by atoms with Gasteiger partial charge in [0.05, 0.1) is 18.4 Å². The molecule has 1 aromatic heterocycles. The van der Waals surface area contributed by atoms with Crippen molar-refractivity contribution in [1.82, 2.24) is 24.1 Å². The lowest BCUT2D eigenvalue weighted by Gasteiger charge is -2.43. The van der Waals surface area contributed by atoms with E-state index in [1.54, 1.807) is 18.2 Å². The van der Waals surface area contributed by atoms with E-state index >= 15 is 0 Å². The molecule has 2 aromatic rings. The van der Waals surface area contributed by atoms with Gasteiger partial charge in [0.15, 0.2) is 0 Å². The van der Waals surface area contributed by atoms with Crippen molar-refractivity contribution >= 4 is 27.5 Å². The molecule has 2 fully saturated rings. The van der Waals surface area contributed by atoms with Crippen LogP contribution in [0.15, 0.2) is 28.5 Å². The molecule has 2 saturated heterocycles. The topological polar surface area (TPSA) is 125 Å². The number of nitrogens with one attached hydrogen (secondary N) is 1. The van der Waals surface area contributed by atoms with Gasteiger partial charge in [-0.1, -0.05) is 24.4 Å². The molecule has 0 bridgehead atoms. The number of hydrogen-bond acceptors (Lipinski definition) is 9. The number of amides is 1. The maximum absolute atomic E-state index is 13.7. The van der Waals surface area contributed by atoms with E-state index in [-0.39, 0.29) is 36.3 Å². The molecular weight excluding hydrogens is 502 g/mol. The van der Waals surface area contributed by atoms with E-state index in [9.17, 15) is 18.3 Å². The number of hydrogen-bond donors (Lipinski definition) is 2. The van der Waals surface area contributed by atoms with Crippen molar-refractivity contribution < 1.29 is 23.1 Å². The molecular formula is C24H33N5O5S2. The Labute approximate surface area is 215 Å². The summed E-state index contributed by atoms with van der Waals surface area (Å²) in [6.07, 6.45) is 1.15. The zero-order valence-corrected chi connectivity index (χ0v) is 22.2. The van der Waals surface area contributed by atoms with Crippen LogP contribution in [0.3, 0.4) is 0 Å². The van der Waals surface area contributed by atoms with Gasteiger partial charge in [-0.25, -0.2) is 8.42 Å². The minimum absolute atomic E-state index is 0.0430. The first-order valence-corrected chi connectivity index (χ1v) is 14.7. The minimum atomic E-state index is -4.06. The Morgan fingerprint density at radius 1 is 1.28 bits per heavy atom. The summed E-state index contributed by atoms with van der Waals surface area (Å²) in [4.78, 5) is 15.9. The van der Waals surface area contributed by atoms with Crippen molar-refractivity contribution in [3.05, 3.63) is 34.8 Å². The maximum atomic E-state index is 13.7. The van der Waals surface area contributed by atoms with Crippen LogP contribution in [0, 0.1) is 0 Å². The Morgan fingerprint density at radius 2 is 2.06 bits per heavy atom. The van der Waals surface area contributed by atoms with Gasteiger partial charge >= 0.3 is 0 Å². The number of carbonyl (C=O) groups excluding carboxylic acids is 1. The van der Waals surface area contributed by atoms with E-state index in [0.29, 0.717) is 31.6 Å². The predicted octanol–water partition coefficient (Wildman–Crippen LogP) is 1.72.